The van der Waals surface area contributed by atoms with E-state index in [-0.39, 0.29) is 0 Å². The lowest BCUT2D eigenvalue weighted by atomic mass is 9.91. The Kier molecular flexibility index (Phi) is 3.89. The van der Waals surface area contributed by atoms with Crippen LogP contribution in [0.2, 0.25) is 0 Å². The van der Waals surface area contributed by atoms with Crippen LogP contribution in [0, 0.1) is 10.8 Å². The Hall–Kier alpha value is 1.05. The van der Waals surface area contributed by atoms with Crippen LogP contribution in [0.15, 0.2) is 0 Å². The molecule has 0 spiro atoms. The van der Waals surface area contributed by atoms with E-state index < -0.39 is 0 Å². The maximum atomic E-state index is 2.37. The smallest absolute Gasteiger partial charge is 0.107 e. The van der Waals surface area contributed by atoms with Crippen molar-refractivity contribution in [3.05, 3.63) is 0 Å². The summed E-state index contributed by atoms with van der Waals surface area (Å²) < 4.78 is 0.518. The van der Waals surface area contributed by atoms with Gasteiger partial charge in [-0.25, -0.2) is 0 Å². The highest BCUT2D eigenvalue weighted by Gasteiger charge is 2.49. The van der Waals surface area contributed by atoms with E-state index in [0.29, 0.717) is 14.2 Å². The van der Waals surface area contributed by atoms with Crippen molar-refractivity contribution in [1.82, 2.24) is 0 Å². The Labute approximate surface area is 113 Å². The second-order valence-corrected chi connectivity index (χ2v) is 11.1. The zero-order valence-electron chi connectivity index (χ0n) is 11.0. The minimum Gasteiger partial charge on any atom is -0.133 e. The monoisotopic (exact) mass is 276 g/mol. The molecule has 94 valence electrons. The van der Waals surface area contributed by atoms with Gasteiger partial charge in [-0.3, -0.25) is 0 Å². The van der Waals surface area contributed by atoms with E-state index in [2.05, 4.69) is 63.0 Å². The van der Waals surface area contributed by atoms with Crippen LogP contribution in [-0.4, -0.2) is 20.7 Å². The summed E-state index contributed by atoms with van der Waals surface area (Å²) in [5.74, 6) is 4.23. The van der Waals surface area contributed by atoms with E-state index >= 15 is 0 Å². The van der Waals surface area contributed by atoms with E-state index in [1.807, 2.05) is 0 Å². The van der Waals surface area contributed by atoms with Crippen molar-refractivity contribution in [3.8, 4) is 0 Å². The molecule has 3 saturated heterocycles. The predicted octanol–water partition coefficient (Wildman–Crippen LogP) is 5.09. The number of rotatable bonds is 3. The molecule has 0 nitrogen and oxygen atoms in total. The summed E-state index contributed by atoms with van der Waals surface area (Å²) in [7, 11) is 0. The molecular formula is C13H24S3. The molecule has 0 unspecified atom stereocenters. The highest BCUT2D eigenvalue weighted by atomic mass is 32.3. The molecule has 0 N–H and O–H groups in total. The van der Waals surface area contributed by atoms with Crippen molar-refractivity contribution in [3.63, 3.8) is 0 Å². The lowest BCUT2D eigenvalue weighted by Gasteiger charge is -2.52. The van der Waals surface area contributed by atoms with E-state index in [1.165, 1.54) is 36.5 Å². The third-order valence-corrected chi connectivity index (χ3v) is 10.0. The lowest BCUT2D eigenvalue weighted by Crippen LogP contribution is -2.44. The first-order chi connectivity index (χ1) is 7.39. The number of hydrogen-bond acceptors (Lipinski definition) is 3. The van der Waals surface area contributed by atoms with Crippen LogP contribution in [0.25, 0.3) is 0 Å². The van der Waals surface area contributed by atoms with Gasteiger partial charge in [-0.05, 0) is 30.1 Å². The third kappa shape index (κ3) is 2.89. The van der Waals surface area contributed by atoms with E-state index in [9.17, 15) is 0 Å². The van der Waals surface area contributed by atoms with E-state index in [0.717, 1.165) is 0 Å². The Balaban J connectivity index is 1.93. The maximum absolute atomic E-state index is 2.37. The van der Waals surface area contributed by atoms with Gasteiger partial charge in [0.2, 0.25) is 0 Å². The summed E-state index contributed by atoms with van der Waals surface area (Å²) >= 11 is 6.75. The average molecular weight is 277 g/mol. The number of thioether (sulfide) groups is 3. The van der Waals surface area contributed by atoms with Gasteiger partial charge in [-0.15, -0.1) is 35.3 Å². The molecule has 3 heteroatoms. The molecule has 3 aliphatic rings. The fourth-order valence-corrected chi connectivity index (χ4v) is 8.08. The quantitative estimate of drug-likeness (QED) is 0.704. The van der Waals surface area contributed by atoms with Gasteiger partial charge in [0.15, 0.2) is 0 Å². The molecule has 0 saturated carbocycles. The predicted molar refractivity (Wildman–Crippen MR) is 81.5 cm³/mol. The minimum atomic E-state index is 0.493. The van der Waals surface area contributed by atoms with Crippen LogP contribution in [-0.2, 0) is 0 Å². The van der Waals surface area contributed by atoms with Crippen molar-refractivity contribution in [2.24, 2.45) is 10.8 Å². The van der Waals surface area contributed by atoms with Gasteiger partial charge in [0.1, 0.15) is 3.41 Å². The van der Waals surface area contributed by atoms with Crippen molar-refractivity contribution in [2.75, 3.05) is 17.3 Å². The zero-order chi connectivity index (χ0) is 11.9. The Morgan fingerprint density at radius 1 is 1.00 bits per heavy atom. The van der Waals surface area contributed by atoms with Gasteiger partial charge in [-0.1, -0.05) is 27.7 Å². The number of fused-ring (bicyclic) bond motifs is 3. The summed E-state index contributed by atoms with van der Waals surface area (Å²) in [4.78, 5) is 0. The molecule has 3 fully saturated rings. The second-order valence-electron chi connectivity index (χ2n) is 6.46. The summed E-state index contributed by atoms with van der Waals surface area (Å²) in [6.45, 7) is 9.47. The number of hydrogen-bond donors (Lipinski definition) is 0. The summed E-state index contributed by atoms with van der Waals surface area (Å²) in [5, 5.41) is 0. The highest BCUT2D eigenvalue weighted by molar-refractivity contribution is 8.34. The van der Waals surface area contributed by atoms with Crippen LogP contribution in [0.5, 0.6) is 0 Å². The van der Waals surface area contributed by atoms with Gasteiger partial charge >= 0.3 is 0 Å². The fraction of sp³-hybridized carbons (Fsp3) is 1.00. The Morgan fingerprint density at radius 3 is 1.88 bits per heavy atom. The normalized spacial score (nSPS) is 39.0. The molecule has 0 atom stereocenters. The second kappa shape index (κ2) is 4.62. The first kappa shape index (κ1) is 13.5. The van der Waals surface area contributed by atoms with Crippen molar-refractivity contribution >= 4 is 35.3 Å². The summed E-state index contributed by atoms with van der Waals surface area (Å²) in [5.41, 5.74) is 1.16. The molecule has 0 aromatic rings. The Bertz CT molecular complexity index is 230. The lowest BCUT2D eigenvalue weighted by molar-refractivity contribution is 0.364. The molecule has 2 bridgehead atoms. The Morgan fingerprint density at radius 2 is 1.50 bits per heavy atom. The molecule has 3 heterocycles. The third-order valence-electron chi connectivity index (χ3n) is 3.73. The van der Waals surface area contributed by atoms with Crippen molar-refractivity contribution in [2.45, 2.75) is 50.4 Å². The molecule has 3 rings (SSSR count). The molecule has 0 aromatic heterocycles. The summed E-state index contributed by atoms with van der Waals surface area (Å²) in [6, 6.07) is 0. The van der Waals surface area contributed by atoms with Crippen molar-refractivity contribution < 1.29 is 0 Å². The SMILES string of the molecule is CCC12CSC(CCC(C)(C)C)(SC1)SC2. The van der Waals surface area contributed by atoms with Crippen LogP contribution in [0.1, 0.15) is 47.0 Å². The first-order valence-electron chi connectivity index (χ1n) is 6.31. The van der Waals surface area contributed by atoms with Gasteiger partial charge in [-0.2, -0.15) is 0 Å². The zero-order valence-corrected chi connectivity index (χ0v) is 13.4. The molecule has 3 aliphatic heterocycles. The molecule has 0 radical (unpaired) electrons. The summed E-state index contributed by atoms with van der Waals surface area (Å²) in [6.07, 6.45) is 4.12. The largest absolute Gasteiger partial charge is 0.133 e. The van der Waals surface area contributed by atoms with E-state index in [4.69, 9.17) is 0 Å². The molecule has 0 amide bonds. The molecule has 16 heavy (non-hydrogen) atoms. The molecule has 0 aromatic carbocycles. The topological polar surface area (TPSA) is 0 Å². The van der Waals surface area contributed by atoms with Gasteiger partial charge in [0.05, 0.1) is 0 Å². The average Bonchev–Trinajstić information content (AvgIpc) is 2.28. The van der Waals surface area contributed by atoms with Crippen LogP contribution < -0.4 is 0 Å². The highest BCUT2D eigenvalue weighted by Crippen LogP contribution is 2.64. The van der Waals surface area contributed by atoms with Gasteiger partial charge in [0.25, 0.3) is 0 Å². The van der Waals surface area contributed by atoms with Crippen molar-refractivity contribution in [1.29, 1.82) is 0 Å². The maximum Gasteiger partial charge on any atom is 0.107 e. The molecule has 0 aliphatic carbocycles. The standard InChI is InChI=1S/C13H24S3/c1-5-12-8-14-13(15-9-12,16-10-12)7-6-11(2,3)4/h5-10H2,1-4H3. The molecular weight excluding hydrogens is 252 g/mol. The first-order valence-corrected chi connectivity index (χ1v) is 9.26. The minimum absolute atomic E-state index is 0.493. The van der Waals surface area contributed by atoms with Crippen LogP contribution in [0.3, 0.4) is 0 Å². The van der Waals surface area contributed by atoms with E-state index in [1.54, 1.807) is 0 Å². The van der Waals surface area contributed by atoms with Gasteiger partial charge < -0.3 is 0 Å². The van der Waals surface area contributed by atoms with Crippen LogP contribution >= 0.6 is 35.3 Å². The fourth-order valence-electron chi connectivity index (χ4n) is 2.09. The van der Waals surface area contributed by atoms with Gasteiger partial charge in [0, 0.05) is 17.3 Å². The van der Waals surface area contributed by atoms with Crippen LogP contribution in [0.4, 0.5) is 0 Å².